The standard InChI is InChI=1S/C16H16BrN5O/c17-14-6-13(7-18)16(21-8-14)22-5-1-2-12(10-22)11-23-15-9-19-3-4-20-15/h3-4,6,8-9,12H,1-2,5,10-11H2. The molecule has 3 rings (SSSR count). The van der Waals surface area contributed by atoms with Crippen LogP contribution in [0, 0.1) is 17.2 Å². The van der Waals surface area contributed by atoms with Crippen molar-refractivity contribution in [1.82, 2.24) is 15.0 Å². The van der Waals surface area contributed by atoms with Crippen molar-refractivity contribution in [3.8, 4) is 11.9 Å². The van der Waals surface area contributed by atoms with E-state index in [4.69, 9.17) is 4.74 Å². The van der Waals surface area contributed by atoms with E-state index in [1.54, 1.807) is 24.8 Å². The van der Waals surface area contributed by atoms with E-state index in [-0.39, 0.29) is 0 Å². The average Bonchev–Trinajstić information content (AvgIpc) is 2.61. The van der Waals surface area contributed by atoms with E-state index >= 15 is 0 Å². The average molecular weight is 374 g/mol. The zero-order valence-electron chi connectivity index (χ0n) is 12.5. The lowest BCUT2D eigenvalue weighted by Crippen LogP contribution is -2.38. The van der Waals surface area contributed by atoms with Crippen molar-refractivity contribution in [2.24, 2.45) is 5.92 Å². The van der Waals surface area contributed by atoms with E-state index in [0.717, 1.165) is 36.2 Å². The highest BCUT2D eigenvalue weighted by atomic mass is 79.9. The number of nitriles is 1. The van der Waals surface area contributed by atoms with Crippen LogP contribution in [0.15, 0.2) is 35.3 Å². The van der Waals surface area contributed by atoms with Crippen LogP contribution < -0.4 is 9.64 Å². The Hall–Kier alpha value is -2.20. The van der Waals surface area contributed by atoms with Crippen LogP contribution >= 0.6 is 15.9 Å². The van der Waals surface area contributed by atoms with Crippen molar-refractivity contribution in [1.29, 1.82) is 5.26 Å². The highest BCUT2D eigenvalue weighted by Crippen LogP contribution is 2.26. The zero-order chi connectivity index (χ0) is 16.1. The smallest absolute Gasteiger partial charge is 0.232 e. The van der Waals surface area contributed by atoms with Crippen LogP contribution in [0.2, 0.25) is 0 Å². The van der Waals surface area contributed by atoms with Crippen molar-refractivity contribution in [2.75, 3.05) is 24.6 Å². The highest BCUT2D eigenvalue weighted by molar-refractivity contribution is 9.10. The molecule has 2 aromatic rings. The van der Waals surface area contributed by atoms with Gasteiger partial charge in [-0.05, 0) is 34.8 Å². The third-order valence-corrected chi connectivity index (χ3v) is 4.21. The van der Waals surface area contributed by atoms with Gasteiger partial charge in [-0.2, -0.15) is 5.26 Å². The molecule has 0 aromatic carbocycles. The summed E-state index contributed by atoms with van der Waals surface area (Å²) in [5, 5.41) is 9.31. The van der Waals surface area contributed by atoms with Crippen LogP contribution in [-0.4, -0.2) is 34.6 Å². The zero-order valence-corrected chi connectivity index (χ0v) is 14.1. The Labute approximate surface area is 143 Å². The topological polar surface area (TPSA) is 74.9 Å². The largest absolute Gasteiger partial charge is 0.476 e. The third kappa shape index (κ3) is 3.96. The summed E-state index contributed by atoms with van der Waals surface area (Å²) in [6, 6.07) is 4.03. The molecule has 0 radical (unpaired) electrons. The molecule has 1 aliphatic heterocycles. The molecule has 1 saturated heterocycles. The highest BCUT2D eigenvalue weighted by Gasteiger charge is 2.23. The second-order valence-electron chi connectivity index (χ2n) is 5.45. The summed E-state index contributed by atoms with van der Waals surface area (Å²) in [5.41, 5.74) is 0.592. The normalized spacial score (nSPS) is 17.6. The van der Waals surface area contributed by atoms with Crippen molar-refractivity contribution in [3.05, 3.63) is 40.9 Å². The summed E-state index contributed by atoms with van der Waals surface area (Å²) >= 11 is 3.36. The predicted octanol–water partition coefficient (Wildman–Crippen LogP) is 2.80. The number of halogens is 1. The number of hydrogen-bond donors (Lipinski definition) is 0. The maximum absolute atomic E-state index is 9.31. The van der Waals surface area contributed by atoms with Gasteiger partial charge in [0, 0.05) is 42.1 Å². The first kappa shape index (κ1) is 15.7. The fourth-order valence-corrected chi connectivity index (χ4v) is 3.05. The van der Waals surface area contributed by atoms with Crippen LogP contribution in [0.1, 0.15) is 18.4 Å². The second-order valence-corrected chi connectivity index (χ2v) is 6.36. The van der Waals surface area contributed by atoms with Gasteiger partial charge < -0.3 is 9.64 Å². The number of rotatable bonds is 4. The Balaban J connectivity index is 1.65. The van der Waals surface area contributed by atoms with Crippen molar-refractivity contribution >= 4 is 21.7 Å². The van der Waals surface area contributed by atoms with Crippen LogP contribution in [0.5, 0.6) is 5.88 Å². The molecule has 118 valence electrons. The monoisotopic (exact) mass is 373 g/mol. The summed E-state index contributed by atoms with van der Waals surface area (Å²) in [4.78, 5) is 14.7. The van der Waals surface area contributed by atoms with Gasteiger partial charge in [0.1, 0.15) is 11.9 Å². The maximum Gasteiger partial charge on any atom is 0.232 e. The van der Waals surface area contributed by atoms with Gasteiger partial charge in [-0.3, -0.25) is 4.98 Å². The van der Waals surface area contributed by atoms with Gasteiger partial charge in [0.25, 0.3) is 0 Å². The Kier molecular flexibility index (Phi) is 5.03. The number of ether oxygens (including phenoxy) is 1. The van der Waals surface area contributed by atoms with Crippen LogP contribution in [0.4, 0.5) is 5.82 Å². The van der Waals surface area contributed by atoms with Gasteiger partial charge in [0.05, 0.1) is 18.4 Å². The van der Waals surface area contributed by atoms with E-state index in [0.29, 0.717) is 24.0 Å². The Bertz CT molecular complexity index is 703. The molecular formula is C16H16BrN5O. The lowest BCUT2D eigenvalue weighted by atomic mass is 9.98. The molecule has 1 atom stereocenters. The molecule has 1 aliphatic rings. The minimum atomic E-state index is 0.378. The second kappa shape index (κ2) is 7.38. The molecule has 0 spiro atoms. The number of piperidine rings is 1. The molecular weight excluding hydrogens is 358 g/mol. The molecule has 0 bridgehead atoms. The molecule has 1 unspecified atom stereocenters. The summed E-state index contributed by atoms with van der Waals surface area (Å²) in [6.45, 7) is 2.32. The number of pyridine rings is 1. The molecule has 3 heterocycles. The fraction of sp³-hybridized carbons (Fsp3) is 0.375. The van der Waals surface area contributed by atoms with E-state index in [2.05, 4.69) is 41.9 Å². The van der Waals surface area contributed by atoms with Crippen molar-refractivity contribution < 1.29 is 4.74 Å². The van der Waals surface area contributed by atoms with Gasteiger partial charge in [0.15, 0.2) is 0 Å². The molecule has 23 heavy (non-hydrogen) atoms. The molecule has 6 nitrogen and oxygen atoms in total. The van der Waals surface area contributed by atoms with E-state index < -0.39 is 0 Å². The predicted molar refractivity (Wildman–Crippen MR) is 89.1 cm³/mol. The van der Waals surface area contributed by atoms with Gasteiger partial charge in [0.2, 0.25) is 5.88 Å². The lowest BCUT2D eigenvalue weighted by molar-refractivity contribution is 0.221. The molecule has 7 heteroatoms. The Morgan fingerprint density at radius 3 is 3.04 bits per heavy atom. The summed E-state index contributed by atoms with van der Waals surface area (Å²) < 4.78 is 6.53. The summed E-state index contributed by atoms with van der Waals surface area (Å²) in [6.07, 6.45) is 8.73. The van der Waals surface area contributed by atoms with Crippen LogP contribution in [-0.2, 0) is 0 Å². The SMILES string of the molecule is N#Cc1cc(Br)cnc1N1CCCC(COc2cnccn2)C1. The van der Waals surface area contributed by atoms with Crippen LogP contribution in [0.25, 0.3) is 0 Å². The molecule has 0 amide bonds. The summed E-state index contributed by atoms with van der Waals surface area (Å²) in [7, 11) is 0. The van der Waals surface area contributed by atoms with Gasteiger partial charge in [-0.15, -0.1) is 0 Å². The molecule has 0 N–H and O–H groups in total. The number of aromatic nitrogens is 3. The van der Waals surface area contributed by atoms with E-state index in [1.807, 2.05) is 6.07 Å². The first-order valence-electron chi connectivity index (χ1n) is 7.45. The first-order chi connectivity index (χ1) is 11.3. The molecule has 0 saturated carbocycles. The number of nitrogens with zero attached hydrogens (tertiary/aromatic N) is 5. The Morgan fingerprint density at radius 2 is 2.26 bits per heavy atom. The third-order valence-electron chi connectivity index (χ3n) is 3.78. The van der Waals surface area contributed by atoms with Crippen LogP contribution in [0.3, 0.4) is 0 Å². The van der Waals surface area contributed by atoms with Gasteiger partial charge >= 0.3 is 0 Å². The van der Waals surface area contributed by atoms with Crippen molar-refractivity contribution in [2.45, 2.75) is 12.8 Å². The van der Waals surface area contributed by atoms with Gasteiger partial charge in [-0.25, -0.2) is 9.97 Å². The fourth-order valence-electron chi connectivity index (χ4n) is 2.72. The molecule has 0 aliphatic carbocycles. The Morgan fingerprint density at radius 1 is 1.35 bits per heavy atom. The quantitative estimate of drug-likeness (QED) is 0.819. The maximum atomic E-state index is 9.31. The molecule has 2 aromatic heterocycles. The number of anilines is 1. The first-order valence-corrected chi connectivity index (χ1v) is 8.25. The van der Waals surface area contributed by atoms with E-state index in [1.165, 1.54) is 0 Å². The molecule has 1 fully saturated rings. The minimum absolute atomic E-state index is 0.378. The summed E-state index contributed by atoms with van der Waals surface area (Å²) in [5.74, 6) is 1.67. The van der Waals surface area contributed by atoms with Gasteiger partial charge in [-0.1, -0.05) is 0 Å². The van der Waals surface area contributed by atoms with Crippen molar-refractivity contribution in [3.63, 3.8) is 0 Å². The number of hydrogen-bond acceptors (Lipinski definition) is 6. The van der Waals surface area contributed by atoms with E-state index in [9.17, 15) is 5.26 Å². The lowest BCUT2D eigenvalue weighted by Gasteiger charge is -2.33. The minimum Gasteiger partial charge on any atom is -0.476 e.